The average Bonchev–Trinajstić information content (AvgIpc) is 2.11. The highest BCUT2D eigenvalue weighted by molar-refractivity contribution is 5.78. The van der Waals surface area contributed by atoms with Gasteiger partial charge in [0.25, 0.3) is 0 Å². The Morgan fingerprint density at radius 3 is 2.25 bits per heavy atom. The van der Waals surface area contributed by atoms with Crippen LogP contribution in [-0.2, 0) is 4.79 Å². The van der Waals surface area contributed by atoms with Crippen LogP contribution in [0, 0.1) is 5.92 Å². The van der Waals surface area contributed by atoms with Crippen LogP contribution in [0.4, 0.5) is 0 Å². The molecule has 0 spiro atoms. The normalized spacial score (nSPS) is 12.7. The summed E-state index contributed by atoms with van der Waals surface area (Å²) in [7, 11) is 1.88. The van der Waals surface area contributed by atoms with E-state index >= 15 is 0 Å². The third kappa shape index (κ3) is 3.24. The lowest BCUT2D eigenvalue weighted by Gasteiger charge is -2.21. The number of hydrogen-bond acceptors (Lipinski definition) is 1. The van der Waals surface area contributed by atoms with Crippen molar-refractivity contribution in [3.63, 3.8) is 0 Å². The minimum Gasteiger partial charge on any atom is -0.346 e. The molecule has 72 valence electrons. The van der Waals surface area contributed by atoms with E-state index in [4.69, 9.17) is 0 Å². The summed E-state index contributed by atoms with van der Waals surface area (Å²) >= 11 is 0. The summed E-state index contributed by atoms with van der Waals surface area (Å²) in [4.78, 5) is 13.4. The van der Waals surface area contributed by atoms with Gasteiger partial charge in [0.15, 0.2) is 0 Å². The number of carbonyl (C=O) groups excluding carboxylic acids is 1. The average molecular weight is 171 g/mol. The van der Waals surface area contributed by atoms with Crippen LogP contribution >= 0.6 is 0 Å². The molecular weight excluding hydrogens is 150 g/mol. The summed E-state index contributed by atoms with van der Waals surface area (Å²) in [5.74, 6) is 0.557. The molecule has 12 heavy (non-hydrogen) atoms. The first kappa shape index (κ1) is 11.5. The highest BCUT2D eigenvalue weighted by Crippen LogP contribution is 2.13. The van der Waals surface area contributed by atoms with Gasteiger partial charge in [0, 0.05) is 19.5 Å². The van der Waals surface area contributed by atoms with Gasteiger partial charge < -0.3 is 4.90 Å². The predicted molar refractivity (Wildman–Crippen MR) is 52.0 cm³/mol. The van der Waals surface area contributed by atoms with Gasteiger partial charge in [0.1, 0.15) is 0 Å². The summed E-state index contributed by atoms with van der Waals surface area (Å²) in [5, 5.41) is 0. The molecule has 1 amide bonds. The summed E-state index contributed by atoms with van der Waals surface area (Å²) in [6.45, 7) is 7.04. The maximum absolute atomic E-state index is 11.6. The zero-order valence-electron chi connectivity index (χ0n) is 8.76. The lowest BCUT2D eigenvalue weighted by molar-refractivity contribution is -0.134. The van der Waals surface area contributed by atoms with E-state index in [0.29, 0.717) is 5.91 Å². The molecule has 0 radical (unpaired) electrons. The van der Waals surface area contributed by atoms with Crippen molar-refractivity contribution in [1.82, 2.24) is 4.90 Å². The van der Waals surface area contributed by atoms with Gasteiger partial charge in [-0.3, -0.25) is 4.79 Å². The lowest BCUT2D eigenvalue weighted by atomic mass is 9.99. The second-order valence-electron chi connectivity index (χ2n) is 3.25. The van der Waals surface area contributed by atoms with Crippen LogP contribution in [-0.4, -0.2) is 24.4 Å². The van der Waals surface area contributed by atoms with Gasteiger partial charge in [0.2, 0.25) is 5.91 Å². The van der Waals surface area contributed by atoms with E-state index in [2.05, 4.69) is 13.8 Å². The van der Waals surface area contributed by atoms with Crippen LogP contribution in [0.1, 0.15) is 40.0 Å². The van der Waals surface area contributed by atoms with E-state index in [-0.39, 0.29) is 5.92 Å². The van der Waals surface area contributed by atoms with Crippen molar-refractivity contribution >= 4 is 5.91 Å². The minimum absolute atomic E-state index is 0.250. The van der Waals surface area contributed by atoms with Crippen molar-refractivity contribution in [2.45, 2.75) is 40.0 Å². The first-order valence-corrected chi connectivity index (χ1v) is 4.92. The summed E-state index contributed by atoms with van der Waals surface area (Å²) in [5.41, 5.74) is 0. The van der Waals surface area contributed by atoms with Crippen LogP contribution in [0.25, 0.3) is 0 Å². The molecule has 0 N–H and O–H groups in total. The van der Waals surface area contributed by atoms with Gasteiger partial charge in [-0.15, -0.1) is 0 Å². The lowest BCUT2D eigenvalue weighted by Crippen LogP contribution is -2.32. The van der Waals surface area contributed by atoms with Crippen molar-refractivity contribution in [2.75, 3.05) is 13.6 Å². The SMILES string of the molecule is CCCC(CC)C(=O)N(C)CC. The minimum atomic E-state index is 0.250. The molecule has 0 aliphatic rings. The molecule has 0 saturated heterocycles. The molecule has 2 nitrogen and oxygen atoms in total. The van der Waals surface area contributed by atoms with E-state index in [1.165, 1.54) is 0 Å². The Hall–Kier alpha value is -0.530. The molecule has 0 rings (SSSR count). The van der Waals surface area contributed by atoms with Crippen molar-refractivity contribution in [3.05, 3.63) is 0 Å². The number of carbonyl (C=O) groups is 1. The van der Waals surface area contributed by atoms with Gasteiger partial charge in [-0.05, 0) is 19.8 Å². The fourth-order valence-corrected chi connectivity index (χ4v) is 1.32. The van der Waals surface area contributed by atoms with E-state index in [9.17, 15) is 4.79 Å². The summed E-state index contributed by atoms with van der Waals surface area (Å²) < 4.78 is 0. The van der Waals surface area contributed by atoms with Crippen molar-refractivity contribution in [1.29, 1.82) is 0 Å². The van der Waals surface area contributed by atoms with Crippen molar-refractivity contribution < 1.29 is 4.79 Å². The van der Waals surface area contributed by atoms with Gasteiger partial charge in [-0.2, -0.15) is 0 Å². The Morgan fingerprint density at radius 1 is 1.33 bits per heavy atom. The molecule has 0 fully saturated rings. The molecule has 1 unspecified atom stereocenters. The Labute approximate surface area is 75.9 Å². The Balaban J connectivity index is 4.01. The van der Waals surface area contributed by atoms with Crippen LogP contribution in [0.3, 0.4) is 0 Å². The first-order chi connectivity index (χ1) is 5.67. The molecule has 0 aromatic heterocycles. The van der Waals surface area contributed by atoms with Gasteiger partial charge in [0.05, 0.1) is 0 Å². The van der Waals surface area contributed by atoms with Crippen molar-refractivity contribution in [2.24, 2.45) is 5.92 Å². The van der Waals surface area contributed by atoms with Gasteiger partial charge in [-0.25, -0.2) is 0 Å². The third-order valence-electron chi connectivity index (χ3n) is 2.33. The van der Waals surface area contributed by atoms with Gasteiger partial charge in [-0.1, -0.05) is 20.3 Å². The number of rotatable bonds is 5. The molecule has 1 atom stereocenters. The second kappa shape index (κ2) is 6.04. The third-order valence-corrected chi connectivity index (χ3v) is 2.33. The van der Waals surface area contributed by atoms with E-state index in [1.807, 2.05) is 18.9 Å². The second-order valence-corrected chi connectivity index (χ2v) is 3.25. The molecule has 0 saturated carbocycles. The zero-order valence-corrected chi connectivity index (χ0v) is 8.76. The molecule has 0 bridgehead atoms. The van der Waals surface area contributed by atoms with Crippen LogP contribution in [0.15, 0.2) is 0 Å². The van der Waals surface area contributed by atoms with Crippen LogP contribution < -0.4 is 0 Å². The van der Waals surface area contributed by atoms with E-state index in [0.717, 1.165) is 25.8 Å². The topological polar surface area (TPSA) is 20.3 Å². The van der Waals surface area contributed by atoms with E-state index < -0.39 is 0 Å². The highest BCUT2D eigenvalue weighted by Gasteiger charge is 2.17. The monoisotopic (exact) mass is 171 g/mol. The predicted octanol–water partition coefficient (Wildman–Crippen LogP) is 2.29. The first-order valence-electron chi connectivity index (χ1n) is 4.92. The fraction of sp³-hybridized carbons (Fsp3) is 0.900. The Bertz CT molecular complexity index is 134. The number of nitrogens with zero attached hydrogens (tertiary/aromatic N) is 1. The standard InChI is InChI=1S/C10H21NO/c1-5-8-9(6-2)10(12)11(4)7-3/h9H,5-8H2,1-4H3. The molecule has 2 heteroatoms. The summed E-state index contributed by atoms with van der Waals surface area (Å²) in [6.07, 6.45) is 3.10. The zero-order chi connectivity index (χ0) is 9.56. The summed E-state index contributed by atoms with van der Waals surface area (Å²) in [6, 6.07) is 0. The van der Waals surface area contributed by atoms with E-state index in [1.54, 1.807) is 0 Å². The molecule has 0 aliphatic heterocycles. The number of amides is 1. The molecular formula is C10H21NO. The molecule has 0 aromatic rings. The van der Waals surface area contributed by atoms with Gasteiger partial charge >= 0.3 is 0 Å². The maximum atomic E-state index is 11.6. The van der Waals surface area contributed by atoms with Crippen LogP contribution in [0.5, 0.6) is 0 Å². The Kier molecular flexibility index (Phi) is 5.77. The quantitative estimate of drug-likeness (QED) is 0.621. The molecule has 0 aliphatic carbocycles. The highest BCUT2D eigenvalue weighted by atomic mass is 16.2. The molecule has 0 heterocycles. The Morgan fingerprint density at radius 2 is 1.92 bits per heavy atom. The molecule has 0 aromatic carbocycles. The van der Waals surface area contributed by atoms with Crippen molar-refractivity contribution in [3.8, 4) is 0 Å². The largest absolute Gasteiger partial charge is 0.346 e. The van der Waals surface area contributed by atoms with Crippen LogP contribution in [0.2, 0.25) is 0 Å². The smallest absolute Gasteiger partial charge is 0.225 e. The fourth-order valence-electron chi connectivity index (χ4n) is 1.32. The maximum Gasteiger partial charge on any atom is 0.225 e. The number of hydrogen-bond donors (Lipinski definition) is 0.